The maximum atomic E-state index is 11.0. The largest absolute Gasteiger partial charge is 0.363 e. The Hall–Kier alpha value is -0.345. The van der Waals surface area contributed by atoms with Crippen LogP contribution in [0.25, 0.3) is 0 Å². The van der Waals surface area contributed by atoms with Gasteiger partial charge in [-0.15, -0.1) is 0 Å². The number of hydrogen-bond donors (Lipinski definition) is 1. The van der Waals surface area contributed by atoms with Crippen molar-refractivity contribution in [1.29, 1.82) is 0 Å². The lowest BCUT2D eigenvalue weighted by molar-refractivity contribution is -0.120. The highest BCUT2D eigenvalue weighted by Gasteiger charge is 2.30. The number of rotatable bonds is 2. The number of nitrogens with one attached hydrogen (secondary N) is 1. The van der Waals surface area contributed by atoms with Gasteiger partial charge in [0.1, 0.15) is 5.78 Å². The zero-order valence-electron chi connectivity index (χ0n) is 7.00. The van der Waals surface area contributed by atoms with Crippen LogP contribution in [0.5, 0.6) is 0 Å². The Morgan fingerprint density at radius 3 is 2.64 bits per heavy atom. The van der Waals surface area contributed by atoms with Crippen molar-refractivity contribution in [2.24, 2.45) is 0 Å². The molecule has 2 atom stereocenters. The fraction of sp³-hybridized carbons (Fsp3) is 0.857. The van der Waals surface area contributed by atoms with Crippen molar-refractivity contribution in [3.05, 3.63) is 0 Å². The van der Waals surface area contributed by atoms with Gasteiger partial charge in [-0.2, -0.15) is 0 Å². The monoisotopic (exact) mass is 152 g/mol. The molecule has 60 valence electrons. The zero-order chi connectivity index (χ0) is 8.43. The van der Waals surface area contributed by atoms with Crippen LogP contribution in [0, 0.1) is 0 Å². The number of ketones is 1. The minimum absolute atomic E-state index is 0.0658. The standard InChI is InChI=1S/C7H13BN2O/c1-5(11)7-3-6(9-8)4-10(7)2/h6-7,9H,3-4H2,1-2H3. The van der Waals surface area contributed by atoms with Crippen LogP contribution in [0.1, 0.15) is 13.3 Å². The fourth-order valence-electron chi connectivity index (χ4n) is 1.60. The third kappa shape index (κ3) is 1.82. The molecule has 3 nitrogen and oxygen atoms in total. The maximum absolute atomic E-state index is 11.0. The third-order valence-corrected chi connectivity index (χ3v) is 2.25. The Morgan fingerprint density at radius 1 is 1.73 bits per heavy atom. The summed E-state index contributed by atoms with van der Waals surface area (Å²) in [6.45, 7) is 2.49. The lowest BCUT2D eigenvalue weighted by atomic mass is 10.1. The minimum Gasteiger partial charge on any atom is -0.363 e. The molecule has 1 N–H and O–H groups in total. The van der Waals surface area contributed by atoms with E-state index < -0.39 is 0 Å². The van der Waals surface area contributed by atoms with Crippen molar-refractivity contribution in [3.8, 4) is 0 Å². The van der Waals surface area contributed by atoms with Gasteiger partial charge in [-0.25, -0.2) is 0 Å². The van der Waals surface area contributed by atoms with E-state index in [0.717, 1.165) is 13.0 Å². The summed E-state index contributed by atoms with van der Waals surface area (Å²) in [6, 6.07) is 0.338. The number of Topliss-reactive ketones (excluding diaryl/α,β-unsaturated/α-hetero) is 1. The zero-order valence-corrected chi connectivity index (χ0v) is 7.00. The van der Waals surface area contributed by atoms with E-state index in [-0.39, 0.29) is 17.9 Å². The van der Waals surface area contributed by atoms with Gasteiger partial charge in [-0.05, 0) is 20.4 Å². The number of carbonyl (C=O) groups excluding carboxylic acids is 1. The van der Waals surface area contributed by atoms with Gasteiger partial charge in [0.05, 0.1) is 6.04 Å². The number of likely N-dealkylation sites (tertiary alicyclic amines) is 1. The molecule has 2 radical (unpaired) electrons. The number of carbonyl (C=O) groups is 1. The van der Waals surface area contributed by atoms with E-state index in [1.54, 1.807) is 6.92 Å². The van der Waals surface area contributed by atoms with Crippen molar-refractivity contribution >= 4 is 13.8 Å². The van der Waals surface area contributed by atoms with Gasteiger partial charge in [0.25, 0.3) is 0 Å². The van der Waals surface area contributed by atoms with Gasteiger partial charge in [-0.1, -0.05) is 0 Å². The normalized spacial score (nSPS) is 32.5. The lowest BCUT2D eigenvalue weighted by Crippen LogP contribution is -2.31. The van der Waals surface area contributed by atoms with Crippen molar-refractivity contribution in [3.63, 3.8) is 0 Å². The molecule has 1 heterocycles. The average Bonchev–Trinajstić information content (AvgIpc) is 2.30. The number of nitrogens with zero attached hydrogens (tertiary/aromatic N) is 1. The van der Waals surface area contributed by atoms with Crippen LogP contribution in [0.2, 0.25) is 0 Å². The summed E-state index contributed by atoms with van der Waals surface area (Å²) in [5.74, 6) is 0.227. The molecule has 0 aromatic carbocycles. The Morgan fingerprint density at radius 2 is 2.36 bits per heavy atom. The Labute approximate surface area is 68.6 Å². The smallest absolute Gasteiger partial charge is 0.178 e. The van der Waals surface area contributed by atoms with Gasteiger partial charge in [-0.3, -0.25) is 9.69 Å². The second-order valence-corrected chi connectivity index (χ2v) is 3.17. The molecule has 4 heteroatoms. The SMILES string of the molecule is [B]NC1CC(C(C)=O)N(C)C1. The maximum Gasteiger partial charge on any atom is 0.178 e. The Balaban J connectivity index is 2.51. The van der Waals surface area contributed by atoms with Crippen LogP contribution in [-0.2, 0) is 4.79 Å². The number of likely N-dealkylation sites (N-methyl/N-ethyl adjacent to an activating group) is 1. The topological polar surface area (TPSA) is 32.3 Å². The molecule has 1 aliphatic heterocycles. The highest BCUT2D eigenvalue weighted by molar-refractivity contribution is 6.04. The van der Waals surface area contributed by atoms with Gasteiger partial charge in [0.15, 0.2) is 7.98 Å². The van der Waals surface area contributed by atoms with Crippen LogP contribution in [-0.4, -0.2) is 44.3 Å². The molecule has 0 aliphatic carbocycles. The van der Waals surface area contributed by atoms with Gasteiger partial charge in [0.2, 0.25) is 0 Å². The third-order valence-electron chi connectivity index (χ3n) is 2.25. The molecule has 1 saturated heterocycles. The second-order valence-electron chi connectivity index (χ2n) is 3.17. The molecule has 0 aromatic rings. The van der Waals surface area contributed by atoms with Gasteiger partial charge in [0, 0.05) is 12.6 Å². The summed E-state index contributed by atoms with van der Waals surface area (Å²) in [7, 11) is 7.22. The minimum atomic E-state index is 0.0658. The van der Waals surface area contributed by atoms with Crippen LogP contribution in [0.15, 0.2) is 0 Å². The van der Waals surface area contributed by atoms with E-state index in [2.05, 4.69) is 5.23 Å². The first-order valence-corrected chi connectivity index (χ1v) is 3.82. The molecule has 11 heavy (non-hydrogen) atoms. The van der Waals surface area contributed by atoms with Crippen LogP contribution < -0.4 is 5.23 Å². The molecule has 0 amide bonds. The summed E-state index contributed by atoms with van der Waals surface area (Å²) in [5, 5.41) is 2.69. The van der Waals surface area contributed by atoms with Gasteiger partial charge < -0.3 is 5.23 Å². The van der Waals surface area contributed by atoms with Crippen LogP contribution in [0.3, 0.4) is 0 Å². The quantitative estimate of drug-likeness (QED) is 0.532. The van der Waals surface area contributed by atoms with E-state index in [1.165, 1.54) is 0 Å². The van der Waals surface area contributed by atoms with E-state index in [9.17, 15) is 4.79 Å². The lowest BCUT2D eigenvalue weighted by Gasteiger charge is -2.14. The van der Waals surface area contributed by atoms with Crippen molar-refractivity contribution < 1.29 is 4.79 Å². The van der Waals surface area contributed by atoms with E-state index >= 15 is 0 Å². The fourth-order valence-corrected chi connectivity index (χ4v) is 1.60. The molecular formula is C7H13BN2O. The highest BCUT2D eigenvalue weighted by Crippen LogP contribution is 2.15. The number of hydrogen-bond acceptors (Lipinski definition) is 3. The molecule has 2 unspecified atom stereocenters. The second kappa shape index (κ2) is 3.37. The first-order valence-electron chi connectivity index (χ1n) is 3.82. The van der Waals surface area contributed by atoms with Crippen molar-refractivity contribution in [2.45, 2.75) is 25.4 Å². The summed E-state index contributed by atoms with van der Waals surface area (Å²) in [6.07, 6.45) is 0.836. The Kier molecular flexibility index (Phi) is 2.68. The summed E-state index contributed by atoms with van der Waals surface area (Å²) in [4.78, 5) is 13.0. The molecule has 1 fully saturated rings. The summed E-state index contributed by atoms with van der Waals surface area (Å²) < 4.78 is 0. The van der Waals surface area contributed by atoms with E-state index in [0.29, 0.717) is 0 Å². The molecule has 1 rings (SSSR count). The molecule has 0 aromatic heterocycles. The highest BCUT2D eigenvalue weighted by atomic mass is 16.1. The predicted molar refractivity (Wildman–Crippen MR) is 44.4 cm³/mol. The first kappa shape index (κ1) is 8.75. The summed E-state index contributed by atoms with van der Waals surface area (Å²) >= 11 is 0. The van der Waals surface area contributed by atoms with Crippen LogP contribution >= 0.6 is 0 Å². The molecule has 0 spiro atoms. The van der Waals surface area contributed by atoms with E-state index in [4.69, 9.17) is 7.98 Å². The predicted octanol–water partition coefficient (Wildman–Crippen LogP) is -0.679. The van der Waals surface area contributed by atoms with Crippen LogP contribution in [0.4, 0.5) is 0 Å². The molecule has 1 aliphatic rings. The molecule has 0 saturated carbocycles. The average molecular weight is 152 g/mol. The van der Waals surface area contributed by atoms with Gasteiger partial charge >= 0.3 is 0 Å². The first-order chi connectivity index (χ1) is 5.15. The summed E-state index contributed by atoms with van der Waals surface area (Å²) in [5.41, 5.74) is 0. The van der Waals surface area contributed by atoms with Crippen molar-refractivity contribution in [2.75, 3.05) is 13.6 Å². The van der Waals surface area contributed by atoms with Crippen molar-refractivity contribution in [1.82, 2.24) is 10.1 Å². The molecule has 0 bridgehead atoms. The molecular weight excluding hydrogens is 139 g/mol. The van der Waals surface area contributed by atoms with E-state index in [1.807, 2.05) is 11.9 Å². The Bertz CT molecular complexity index is 163.